The molecule has 1 aromatic heterocycles. The van der Waals surface area contributed by atoms with Gasteiger partial charge >= 0.3 is 11.9 Å². The number of aliphatic hydroxyl groups excluding tert-OH is 1. The van der Waals surface area contributed by atoms with Crippen LogP contribution in [0.25, 0.3) is 10.9 Å². The maximum absolute atomic E-state index is 12.6. The van der Waals surface area contributed by atoms with E-state index in [4.69, 9.17) is 18.9 Å². The Morgan fingerprint density at radius 3 is 2.10 bits per heavy atom. The van der Waals surface area contributed by atoms with E-state index in [1.165, 1.54) is 52.1 Å². The van der Waals surface area contributed by atoms with Crippen molar-refractivity contribution in [1.82, 2.24) is 4.57 Å². The third-order valence-electron chi connectivity index (χ3n) is 6.86. The molecule has 0 radical (unpaired) electrons. The van der Waals surface area contributed by atoms with Crippen LogP contribution < -0.4 is 9.47 Å². The second kappa shape index (κ2) is 16.2. The van der Waals surface area contributed by atoms with Crippen molar-refractivity contribution in [1.29, 1.82) is 0 Å². The highest BCUT2D eigenvalue weighted by molar-refractivity contribution is 6.06. The fourth-order valence-electron chi connectivity index (χ4n) is 4.72. The minimum Gasteiger partial charge on any atom is -0.494 e. The summed E-state index contributed by atoms with van der Waals surface area (Å²) in [6, 6.07) is 12.4. The molecule has 8 heteroatoms. The number of ether oxygens (including phenoxy) is 4. The number of carbonyl (C=O) groups excluding carboxylic acids is 2. The van der Waals surface area contributed by atoms with Gasteiger partial charge in [0.25, 0.3) is 0 Å². The van der Waals surface area contributed by atoms with E-state index in [0.29, 0.717) is 34.4 Å². The van der Waals surface area contributed by atoms with Crippen LogP contribution in [0.1, 0.15) is 99.8 Å². The van der Waals surface area contributed by atoms with E-state index in [9.17, 15) is 14.7 Å². The standard InChI is InChI=1S/C34H47NO7/c1-6-7-8-9-10-11-12-13-20-40-27-15-17-28(18-16-27)41-24-26(36)22-35-23-30(33(38)39-5)29-21-25(14-19-31(29)35)32(37)42-34(2,3)4/h14-19,21,23,26,36H,6-13,20,22,24H2,1-5H3. The molecule has 3 aromatic rings. The van der Waals surface area contributed by atoms with Crippen LogP contribution in [0, 0.1) is 0 Å². The van der Waals surface area contributed by atoms with Crippen LogP contribution in [0.5, 0.6) is 11.5 Å². The van der Waals surface area contributed by atoms with Crippen molar-refractivity contribution in [3.63, 3.8) is 0 Å². The lowest BCUT2D eigenvalue weighted by molar-refractivity contribution is 0.00693. The first-order chi connectivity index (χ1) is 20.1. The molecule has 2 aromatic carbocycles. The minimum absolute atomic E-state index is 0.0572. The second-order valence-electron chi connectivity index (χ2n) is 11.7. The molecule has 0 saturated heterocycles. The Morgan fingerprint density at radius 1 is 0.857 bits per heavy atom. The molecule has 0 bridgehead atoms. The second-order valence-corrected chi connectivity index (χ2v) is 11.7. The van der Waals surface area contributed by atoms with Crippen LogP contribution in [-0.2, 0) is 16.0 Å². The Labute approximate surface area is 249 Å². The molecular weight excluding hydrogens is 534 g/mol. The lowest BCUT2D eigenvalue weighted by Crippen LogP contribution is -2.24. The Balaban J connectivity index is 1.52. The number of benzene rings is 2. The molecule has 1 N–H and O–H groups in total. The van der Waals surface area contributed by atoms with Gasteiger partial charge in [-0.05, 0) is 69.7 Å². The number of hydrogen-bond acceptors (Lipinski definition) is 7. The zero-order valence-corrected chi connectivity index (χ0v) is 25.8. The average molecular weight is 582 g/mol. The minimum atomic E-state index is -0.852. The van der Waals surface area contributed by atoms with Gasteiger partial charge in [-0.25, -0.2) is 9.59 Å². The Morgan fingerprint density at radius 2 is 1.48 bits per heavy atom. The van der Waals surface area contributed by atoms with Crippen molar-refractivity contribution in [2.24, 2.45) is 0 Å². The molecule has 230 valence electrons. The van der Waals surface area contributed by atoms with Crippen LogP contribution in [0.15, 0.2) is 48.7 Å². The zero-order valence-electron chi connectivity index (χ0n) is 25.8. The third kappa shape index (κ3) is 10.4. The van der Waals surface area contributed by atoms with Gasteiger partial charge in [0, 0.05) is 17.1 Å². The van der Waals surface area contributed by atoms with Gasteiger partial charge in [0.05, 0.1) is 31.4 Å². The quantitative estimate of drug-likeness (QED) is 0.132. The largest absolute Gasteiger partial charge is 0.494 e. The number of hydrogen-bond donors (Lipinski definition) is 1. The van der Waals surface area contributed by atoms with Gasteiger partial charge in [-0.15, -0.1) is 0 Å². The summed E-state index contributed by atoms with van der Waals surface area (Å²) in [5.41, 5.74) is 0.663. The topological polar surface area (TPSA) is 96.2 Å². The molecular formula is C34H47NO7. The number of methoxy groups -OCH3 is 1. The molecule has 0 spiro atoms. The predicted octanol–water partition coefficient (Wildman–Crippen LogP) is 7.34. The molecule has 0 aliphatic carbocycles. The van der Waals surface area contributed by atoms with E-state index in [1.807, 2.05) is 24.3 Å². The number of aromatic nitrogens is 1. The Hall–Kier alpha value is -3.52. The molecule has 1 atom stereocenters. The Bertz CT molecular complexity index is 1270. The third-order valence-corrected chi connectivity index (χ3v) is 6.86. The highest BCUT2D eigenvalue weighted by Gasteiger charge is 2.22. The van der Waals surface area contributed by atoms with E-state index >= 15 is 0 Å². The van der Waals surface area contributed by atoms with Gasteiger partial charge in [-0.2, -0.15) is 0 Å². The monoisotopic (exact) mass is 581 g/mol. The van der Waals surface area contributed by atoms with Crippen LogP contribution in [0.3, 0.4) is 0 Å². The van der Waals surface area contributed by atoms with Gasteiger partial charge in [0.15, 0.2) is 0 Å². The van der Waals surface area contributed by atoms with Gasteiger partial charge in [-0.3, -0.25) is 0 Å². The van der Waals surface area contributed by atoms with Gasteiger partial charge in [0.2, 0.25) is 0 Å². The number of esters is 2. The predicted molar refractivity (Wildman–Crippen MR) is 164 cm³/mol. The van der Waals surface area contributed by atoms with Crippen molar-refractivity contribution in [2.75, 3.05) is 20.3 Å². The summed E-state index contributed by atoms with van der Waals surface area (Å²) in [5.74, 6) is 0.412. The maximum Gasteiger partial charge on any atom is 0.340 e. The van der Waals surface area contributed by atoms with Crippen molar-refractivity contribution in [3.05, 3.63) is 59.8 Å². The number of rotatable bonds is 17. The lowest BCUT2D eigenvalue weighted by Gasteiger charge is -2.19. The summed E-state index contributed by atoms with van der Waals surface area (Å²) >= 11 is 0. The first-order valence-electron chi connectivity index (χ1n) is 15.1. The van der Waals surface area contributed by atoms with E-state index in [-0.39, 0.29) is 13.2 Å². The zero-order chi connectivity index (χ0) is 30.5. The fourth-order valence-corrected chi connectivity index (χ4v) is 4.72. The van der Waals surface area contributed by atoms with Crippen LogP contribution >= 0.6 is 0 Å². The first kappa shape index (κ1) is 33.0. The number of aliphatic hydroxyl groups is 1. The van der Waals surface area contributed by atoms with Crippen LogP contribution in [0.4, 0.5) is 0 Å². The molecule has 0 amide bonds. The number of carbonyl (C=O) groups is 2. The molecule has 1 unspecified atom stereocenters. The van der Waals surface area contributed by atoms with E-state index < -0.39 is 23.6 Å². The number of nitrogens with zero attached hydrogens (tertiary/aromatic N) is 1. The smallest absolute Gasteiger partial charge is 0.340 e. The van der Waals surface area contributed by atoms with Crippen molar-refractivity contribution < 1.29 is 33.6 Å². The van der Waals surface area contributed by atoms with E-state index in [2.05, 4.69) is 6.92 Å². The molecule has 0 aliphatic heterocycles. The first-order valence-corrected chi connectivity index (χ1v) is 15.1. The molecule has 3 rings (SSSR count). The number of unbranched alkanes of at least 4 members (excludes halogenated alkanes) is 7. The lowest BCUT2D eigenvalue weighted by atomic mass is 10.1. The molecule has 42 heavy (non-hydrogen) atoms. The molecule has 0 aliphatic rings. The summed E-state index contributed by atoms with van der Waals surface area (Å²) in [7, 11) is 1.30. The van der Waals surface area contributed by atoms with Crippen LogP contribution in [-0.4, -0.2) is 53.6 Å². The van der Waals surface area contributed by atoms with Gasteiger partial charge in [-0.1, -0.05) is 51.9 Å². The van der Waals surface area contributed by atoms with Crippen molar-refractivity contribution in [3.8, 4) is 11.5 Å². The fraction of sp³-hybridized carbons (Fsp3) is 0.529. The molecule has 0 fully saturated rings. The van der Waals surface area contributed by atoms with Gasteiger partial charge < -0.3 is 28.6 Å². The number of fused-ring (bicyclic) bond motifs is 1. The van der Waals surface area contributed by atoms with Crippen molar-refractivity contribution >= 4 is 22.8 Å². The maximum atomic E-state index is 12.6. The van der Waals surface area contributed by atoms with E-state index in [1.54, 1.807) is 49.7 Å². The summed E-state index contributed by atoms with van der Waals surface area (Å²) < 4.78 is 23.8. The van der Waals surface area contributed by atoms with E-state index in [0.717, 1.165) is 12.2 Å². The highest BCUT2D eigenvalue weighted by atomic mass is 16.6. The summed E-state index contributed by atoms with van der Waals surface area (Å²) in [6.07, 6.45) is 10.9. The molecule has 8 nitrogen and oxygen atoms in total. The Kier molecular flexibility index (Phi) is 12.7. The molecule has 0 saturated carbocycles. The highest BCUT2D eigenvalue weighted by Crippen LogP contribution is 2.26. The average Bonchev–Trinajstić information content (AvgIpc) is 3.32. The normalized spacial score (nSPS) is 12.2. The SMILES string of the molecule is CCCCCCCCCCOc1ccc(OCC(O)Cn2cc(C(=O)OC)c3cc(C(=O)OC(C)(C)C)ccc32)cc1. The molecule has 1 heterocycles. The van der Waals surface area contributed by atoms with Crippen molar-refractivity contribution in [2.45, 2.75) is 97.3 Å². The van der Waals surface area contributed by atoms with Crippen LogP contribution in [0.2, 0.25) is 0 Å². The summed E-state index contributed by atoms with van der Waals surface area (Å²) in [5, 5.41) is 11.3. The summed E-state index contributed by atoms with van der Waals surface area (Å²) in [4.78, 5) is 25.1. The van der Waals surface area contributed by atoms with Gasteiger partial charge in [0.1, 0.15) is 29.8 Å². The summed E-state index contributed by atoms with van der Waals surface area (Å²) in [6.45, 7) is 8.56.